The third kappa shape index (κ3) is 4.31. The number of thioether (sulfide) groups is 1. The zero-order valence-corrected chi connectivity index (χ0v) is 18.9. The van der Waals surface area contributed by atoms with Crippen LogP contribution in [0.4, 0.5) is 15.8 Å². The number of carbonyl (C=O) groups excluding carboxylic acids is 1. The highest BCUT2D eigenvalue weighted by molar-refractivity contribution is 8.00. The minimum atomic E-state index is -3.81. The van der Waals surface area contributed by atoms with E-state index in [1.54, 1.807) is 53.4 Å². The average molecular weight is 479 g/mol. The zero-order chi connectivity index (χ0) is 23.0. The van der Waals surface area contributed by atoms with Crippen LogP contribution in [-0.2, 0) is 14.8 Å². The van der Waals surface area contributed by atoms with Gasteiger partial charge in [-0.15, -0.1) is 11.8 Å². The van der Waals surface area contributed by atoms with Gasteiger partial charge in [-0.25, -0.2) is 12.8 Å². The number of rotatable bonds is 5. The van der Waals surface area contributed by atoms with Crippen molar-refractivity contribution in [3.8, 4) is 0 Å². The molecule has 4 aromatic carbocycles. The Bertz CT molecular complexity index is 1460. The lowest BCUT2D eigenvalue weighted by Crippen LogP contribution is -2.27. The maximum atomic E-state index is 13.4. The maximum Gasteiger partial charge on any atom is 0.261 e. The fraction of sp³-hybridized carbons (Fsp3) is 0.0800. The number of sulfonamides is 1. The predicted octanol–water partition coefficient (Wildman–Crippen LogP) is 5.56. The summed E-state index contributed by atoms with van der Waals surface area (Å²) in [7, 11) is -3.81. The number of nitrogens with one attached hydrogen (secondary N) is 1. The van der Waals surface area contributed by atoms with E-state index >= 15 is 0 Å². The standard InChI is InChI=1S/C25H19FN2O3S2/c26-20-9-11-22(12-10-20)28-24(29)16-32-25(28)19-6-3-7-21(14-19)27-33(30,31)23-13-8-17-4-1-2-5-18(17)15-23/h1-15,25,27H,16H2. The summed E-state index contributed by atoms with van der Waals surface area (Å²) in [6, 6.07) is 25.3. The molecule has 1 saturated heterocycles. The Hall–Kier alpha value is -3.36. The molecule has 5 rings (SSSR count). The number of anilines is 2. The summed E-state index contributed by atoms with van der Waals surface area (Å²) in [5.41, 5.74) is 1.77. The molecule has 4 aromatic rings. The molecule has 166 valence electrons. The average Bonchev–Trinajstić information content (AvgIpc) is 3.20. The quantitative estimate of drug-likeness (QED) is 0.408. The molecule has 1 amide bonds. The van der Waals surface area contributed by atoms with Crippen LogP contribution in [0, 0.1) is 5.82 Å². The topological polar surface area (TPSA) is 66.5 Å². The van der Waals surface area contributed by atoms with Crippen molar-refractivity contribution < 1.29 is 17.6 Å². The van der Waals surface area contributed by atoms with Crippen molar-refractivity contribution >= 4 is 49.8 Å². The van der Waals surface area contributed by atoms with Crippen LogP contribution in [0.5, 0.6) is 0 Å². The molecular weight excluding hydrogens is 459 g/mol. The lowest BCUT2D eigenvalue weighted by atomic mass is 10.1. The van der Waals surface area contributed by atoms with Crippen molar-refractivity contribution in [2.24, 2.45) is 0 Å². The largest absolute Gasteiger partial charge is 0.295 e. The van der Waals surface area contributed by atoms with Gasteiger partial charge in [0.25, 0.3) is 10.0 Å². The van der Waals surface area contributed by atoms with Gasteiger partial charge in [-0.1, -0.05) is 42.5 Å². The first-order valence-electron chi connectivity index (χ1n) is 10.2. The molecule has 33 heavy (non-hydrogen) atoms. The van der Waals surface area contributed by atoms with E-state index in [2.05, 4.69) is 4.72 Å². The van der Waals surface area contributed by atoms with Gasteiger partial charge in [0.2, 0.25) is 5.91 Å². The number of benzene rings is 4. The van der Waals surface area contributed by atoms with Gasteiger partial charge < -0.3 is 0 Å². The maximum absolute atomic E-state index is 13.4. The predicted molar refractivity (Wildman–Crippen MR) is 130 cm³/mol. The van der Waals surface area contributed by atoms with Crippen LogP contribution in [0.15, 0.2) is 95.9 Å². The van der Waals surface area contributed by atoms with E-state index < -0.39 is 10.0 Å². The number of fused-ring (bicyclic) bond motifs is 1. The first-order valence-corrected chi connectivity index (χ1v) is 12.7. The number of hydrogen-bond acceptors (Lipinski definition) is 4. The molecule has 1 fully saturated rings. The summed E-state index contributed by atoms with van der Waals surface area (Å²) in [5, 5.41) is 1.46. The normalized spacial score (nSPS) is 16.3. The SMILES string of the molecule is O=C1CSC(c2cccc(NS(=O)(=O)c3ccc4ccccc4c3)c2)N1c1ccc(F)cc1. The molecule has 0 bridgehead atoms. The van der Waals surface area contributed by atoms with Gasteiger partial charge in [0, 0.05) is 11.4 Å². The fourth-order valence-electron chi connectivity index (χ4n) is 3.86. The number of halogens is 1. The number of carbonyl (C=O) groups is 1. The molecule has 1 atom stereocenters. The van der Waals surface area contributed by atoms with E-state index in [0.717, 1.165) is 16.3 Å². The summed E-state index contributed by atoms with van der Waals surface area (Å²) < 4.78 is 42.1. The monoisotopic (exact) mass is 478 g/mol. The second kappa shape index (κ2) is 8.53. The summed E-state index contributed by atoms with van der Waals surface area (Å²) in [5.74, 6) is -0.173. The van der Waals surface area contributed by atoms with Crippen LogP contribution in [0.3, 0.4) is 0 Å². The number of hydrogen-bond donors (Lipinski definition) is 1. The van der Waals surface area contributed by atoms with E-state index in [1.807, 2.05) is 30.3 Å². The van der Waals surface area contributed by atoms with E-state index in [-0.39, 0.29) is 27.7 Å². The van der Waals surface area contributed by atoms with Crippen LogP contribution in [0.1, 0.15) is 10.9 Å². The first kappa shape index (κ1) is 21.5. The molecule has 5 nitrogen and oxygen atoms in total. The summed E-state index contributed by atoms with van der Waals surface area (Å²) in [6.45, 7) is 0. The van der Waals surface area contributed by atoms with Gasteiger partial charge in [-0.2, -0.15) is 0 Å². The van der Waals surface area contributed by atoms with E-state index in [1.165, 1.54) is 23.9 Å². The van der Waals surface area contributed by atoms with E-state index in [4.69, 9.17) is 0 Å². The van der Waals surface area contributed by atoms with E-state index in [9.17, 15) is 17.6 Å². The third-order valence-corrected chi connectivity index (χ3v) is 8.02. The fourth-order valence-corrected chi connectivity index (χ4v) is 6.11. The summed E-state index contributed by atoms with van der Waals surface area (Å²) in [6.07, 6.45) is 0. The number of nitrogens with zero attached hydrogens (tertiary/aromatic N) is 1. The highest BCUT2D eigenvalue weighted by atomic mass is 32.2. The number of amides is 1. The summed E-state index contributed by atoms with van der Waals surface area (Å²) >= 11 is 1.44. The Morgan fingerprint density at radius 1 is 0.879 bits per heavy atom. The Morgan fingerprint density at radius 2 is 1.64 bits per heavy atom. The zero-order valence-electron chi connectivity index (χ0n) is 17.3. The minimum Gasteiger partial charge on any atom is -0.295 e. The van der Waals surface area contributed by atoms with Crippen LogP contribution in [0.2, 0.25) is 0 Å². The van der Waals surface area contributed by atoms with Crippen molar-refractivity contribution in [1.82, 2.24) is 0 Å². The molecule has 1 heterocycles. The second-order valence-electron chi connectivity index (χ2n) is 7.64. The molecule has 0 radical (unpaired) electrons. The molecule has 1 aliphatic rings. The Balaban J connectivity index is 1.43. The van der Waals surface area contributed by atoms with Gasteiger partial charge in [-0.3, -0.25) is 14.4 Å². The second-order valence-corrected chi connectivity index (χ2v) is 10.4. The van der Waals surface area contributed by atoms with Gasteiger partial charge in [-0.05, 0) is 64.9 Å². The molecule has 8 heteroatoms. The molecular formula is C25H19FN2O3S2. The Kier molecular flexibility index (Phi) is 5.55. The van der Waals surface area contributed by atoms with Crippen LogP contribution in [0.25, 0.3) is 10.8 Å². The minimum absolute atomic E-state index is 0.0845. The van der Waals surface area contributed by atoms with Crippen molar-refractivity contribution in [3.05, 3.63) is 102 Å². The van der Waals surface area contributed by atoms with Crippen molar-refractivity contribution in [2.45, 2.75) is 10.3 Å². The Morgan fingerprint density at radius 3 is 2.42 bits per heavy atom. The van der Waals surface area contributed by atoms with Crippen LogP contribution >= 0.6 is 11.8 Å². The first-order chi connectivity index (χ1) is 15.9. The highest BCUT2D eigenvalue weighted by Crippen LogP contribution is 2.42. The smallest absolute Gasteiger partial charge is 0.261 e. The Labute approximate surface area is 195 Å². The van der Waals surface area contributed by atoms with Crippen molar-refractivity contribution in [3.63, 3.8) is 0 Å². The van der Waals surface area contributed by atoms with Crippen LogP contribution in [-0.4, -0.2) is 20.1 Å². The third-order valence-electron chi connectivity index (χ3n) is 5.43. The molecule has 0 aromatic heterocycles. The van der Waals surface area contributed by atoms with Crippen molar-refractivity contribution in [1.29, 1.82) is 0 Å². The highest BCUT2D eigenvalue weighted by Gasteiger charge is 2.34. The molecule has 1 aliphatic heterocycles. The lowest BCUT2D eigenvalue weighted by Gasteiger charge is -2.24. The summed E-state index contributed by atoms with van der Waals surface area (Å²) in [4.78, 5) is 14.3. The molecule has 1 unspecified atom stereocenters. The van der Waals surface area contributed by atoms with Gasteiger partial charge in [0.05, 0.1) is 10.6 Å². The van der Waals surface area contributed by atoms with Gasteiger partial charge in [0.15, 0.2) is 0 Å². The van der Waals surface area contributed by atoms with E-state index in [0.29, 0.717) is 11.4 Å². The molecule has 1 N–H and O–H groups in total. The van der Waals surface area contributed by atoms with Crippen molar-refractivity contribution in [2.75, 3.05) is 15.4 Å². The molecule has 0 spiro atoms. The molecule has 0 aliphatic carbocycles. The molecule has 0 saturated carbocycles. The lowest BCUT2D eigenvalue weighted by molar-refractivity contribution is -0.115. The van der Waals surface area contributed by atoms with Gasteiger partial charge in [0.1, 0.15) is 11.2 Å². The van der Waals surface area contributed by atoms with Gasteiger partial charge >= 0.3 is 0 Å². The van der Waals surface area contributed by atoms with Crippen LogP contribution < -0.4 is 9.62 Å².